The van der Waals surface area contributed by atoms with Gasteiger partial charge in [-0.1, -0.05) is 12.1 Å². The molecule has 3 heterocycles. The van der Waals surface area contributed by atoms with E-state index in [2.05, 4.69) is 30.9 Å². The molecule has 5 N–H and O–H groups in total. The SMILES string of the molecule is Nc1ncnn2cc(C(=O)NCCCN3CCCC3)c(-c3ccc(NC(=O)Nc4cc(C(F)(F)F)ccc4F)cc3)c12. The van der Waals surface area contributed by atoms with Crippen molar-refractivity contribution in [1.82, 2.24) is 24.8 Å². The predicted octanol–water partition coefficient (Wildman–Crippen LogP) is 5.00. The van der Waals surface area contributed by atoms with E-state index in [0.717, 1.165) is 26.1 Å². The van der Waals surface area contributed by atoms with Crippen molar-refractivity contribution < 1.29 is 27.2 Å². The molecule has 14 heteroatoms. The number of nitrogens with two attached hydrogens (primary N) is 1. The third-order valence-corrected chi connectivity index (χ3v) is 6.96. The lowest BCUT2D eigenvalue weighted by atomic mass is 10.0. The van der Waals surface area contributed by atoms with Crippen molar-refractivity contribution in [2.45, 2.75) is 25.4 Å². The molecule has 0 unspecified atom stereocenters. The molecular formula is C28H28F4N8O2. The summed E-state index contributed by atoms with van der Waals surface area (Å²) in [7, 11) is 0. The molecule has 0 bridgehead atoms. The first kappa shape index (κ1) is 28.8. The molecule has 1 saturated heterocycles. The van der Waals surface area contributed by atoms with Gasteiger partial charge >= 0.3 is 12.2 Å². The summed E-state index contributed by atoms with van der Waals surface area (Å²) in [6.07, 6.45) is 1.36. The van der Waals surface area contributed by atoms with E-state index in [9.17, 15) is 27.2 Å². The van der Waals surface area contributed by atoms with Crippen LogP contribution in [0.3, 0.4) is 0 Å². The molecule has 1 fully saturated rings. The number of anilines is 3. The number of carbonyl (C=O) groups is 2. The Morgan fingerprint density at radius 1 is 1.02 bits per heavy atom. The Kier molecular flexibility index (Phi) is 8.24. The van der Waals surface area contributed by atoms with Crippen LogP contribution in [0.5, 0.6) is 0 Å². The molecule has 42 heavy (non-hydrogen) atoms. The Hall–Kier alpha value is -4.72. The quantitative estimate of drug-likeness (QED) is 0.171. The van der Waals surface area contributed by atoms with E-state index in [1.807, 2.05) is 0 Å². The van der Waals surface area contributed by atoms with Gasteiger partial charge in [-0.3, -0.25) is 4.79 Å². The van der Waals surface area contributed by atoms with Gasteiger partial charge < -0.3 is 26.6 Å². The van der Waals surface area contributed by atoms with Crippen LogP contribution in [0.2, 0.25) is 0 Å². The summed E-state index contributed by atoms with van der Waals surface area (Å²) in [5, 5.41) is 11.7. The highest BCUT2D eigenvalue weighted by molar-refractivity contribution is 6.07. The number of likely N-dealkylation sites (tertiary alicyclic amines) is 1. The Balaban J connectivity index is 1.31. The molecule has 5 rings (SSSR count). The zero-order valence-corrected chi connectivity index (χ0v) is 22.3. The van der Waals surface area contributed by atoms with E-state index in [4.69, 9.17) is 5.73 Å². The van der Waals surface area contributed by atoms with Gasteiger partial charge in [-0.15, -0.1) is 0 Å². The lowest BCUT2D eigenvalue weighted by Gasteiger charge is -2.14. The maximum atomic E-state index is 14.0. The molecule has 2 aromatic heterocycles. The van der Waals surface area contributed by atoms with Crippen LogP contribution in [-0.4, -0.2) is 57.6 Å². The van der Waals surface area contributed by atoms with Crippen molar-refractivity contribution in [2.24, 2.45) is 0 Å². The maximum absolute atomic E-state index is 14.0. The average Bonchev–Trinajstić information content (AvgIpc) is 3.61. The molecule has 4 aromatic rings. The summed E-state index contributed by atoms with van der Waals surface area (Å²) in [5.41, 5.74) is 6.53. The third-order valence-electron chi connectivity index (χ3n) is 6.96. The van der Waals surface area contributed by atoms with Crippen molar-refractivity contribution in [3.05, 3.63) is 71.9 Å². The van der Waals surface area contributed by atoms with Crippen LogP contribution in [-0.2, 0) is 6.18 Å². The van der Waals surface area contributed by atoms with Gasteiger partial charge in [0, 0.05) is 24.0 Å². The van der Waals surface area contributed by atoms with Crippen LogP contribution < -0.4 is 21.7 Å². The van der Waals surface area contributed by atoms with Gasteiger partial charge in [0.05, 0.1) is 16.8 Å². The molecule has 3 amide bonds. The first-order valence-corrected chi connectivity index (χ1v) is 13.3. The molecule has 1 aliphatic heterocycles. The number of urea groups is 1. The van der Waals surface area contributed by atoms with Gasteiger partial charge in [0.15, 0.2) is 5.82 Å². The second kappa shape index (κ2) is 12.0. The van der Waals surface area contributed by atoms with Crippen LogP contribution in [0.15, 0.2) is 55.0 Å². The number of nitrogens with zero attached hydrogens (tertiary/aromatic N) is 4. The first-order valence-electron chi connectivity index (χ1n) is 13.3. The Labute approximate surface area is 237 Å². The number of benzene rings is 2. The fourth-order valence-corrected chi connectivity index (χ4v) is 4.91. The van der Waals surface area contributed by atoms with Crippen molar-refractivity contribution in [3.8, 4) is 11.1 Å². The second-order valence-electron chi connectivity index (χ2n) is 9.86. The Morgan fingerprint density at radius 3 is 2.48 bits per heavy atom. The summed E-state index contributed by atoms with van der Waals surface area (Å²) >= 11 is 0. The van der Waals surface area contributed by atoms with Gasteiger partial charge in [-0.2, -0.15) is 18.3 Å². The maximum Gasteiger partial charge on any atom is 0.416 e. The standard InChI is InChI=1S/C28H28F4N8O2/c29-21-9-6-18(28(30,31)32)14-22(21)38-27(42)37-19-7-4-17(5-8-19)23-20(15-40-24(23)25(33)35-16-36-40)26(41)34-10-3-13-39-11-1-2-12-39/h4-9,14-16H,1-3,10-13H2,(H,34,41)(H2,33,35,36)(H2,37,38,42). The highest BCUT2D eigenvalue weighted by Crippen LogP contribution is 2.34. The van der Waals surface area contributed by atoms with Gasteiger partial charge in [0.1, 0.15) is 17.7 Å². The summed E-state index contributed by atoms with van der Waals surface area (Å²) in [4.78, 5) is 32.1. The average molecular weight is 585 g/mol. The smallest absolute Gasteiger partial charge is 0.382 e. The zero-order chi connectivity index (χ0) is 29.9. The minimum absolute atomic E-state index is 0.165. The number of hydrogen-bond acceptors (Lipinski definition) is 6. The van der Waals surface area contributed by atoms with Gasteiger partial charge in [0.25, 0.3) is 5.91 Å². The highest BCUT2D eigenvalue weighted by atomic mass is 19.4. The minimum Gasteiger partial charge on any atom is -0.382 e. The highest BCUT2D eigenvalue weighted by Gasteiger charge is 2.31. The summed E-state index contributed by atoms with van der Waals surface area (Å²) in [5.74, 6) is -1.16. The number of aromatic nitrogens is 3. The number of rotatable bonds is 8. The minimum atomic E-state index is -4.70. The molecule has 2 aromatic carbocycles. The van der Waals surface area contributed by atoms with E-state index in [1.165, 1.54) is 35.8 Å². The molecule has 0 radical (unpaired) electrons. The monoisotopic (exact) mass is 584 g/mol. The molecule has 0 atom stereocenters. The Morgan fingerprint density at radius 2 is 1.76 bits per heavy atom. The van der Waals surface area contributed by atoms with Gasteiger partial charge in [-0.25, -0.2) is 18.7 Å². The van der Waals surface area contributed by atoms with Crippen molar-refractivity contribution in [2.75, 3.05) is 42.5 Å². The van der Waals surface area contributed by atoms with E-state index >= 15 is 0 Å². The number of nitrogen functional groups attached to an aromatic ring is 1. The molecule has 0 saturated carbocycles. The lowest BCUT2D eigenvalue weighted by Crippen LogP contribution is -2.28. The molecule has 0 aliphatic carbocycles. The fourth-order valence-electron chi connectivity index (χ4n) is 4.91. The first-order chi connectivity index (χ1) is 20.1. The number of nitrogens with one attached hydrogen (secondary N) is 3. The second-order valence-corrected chi connectivity index (χ2v) is 9.86. The van der Waals surface area contributed by atoms with Crippen LogP contribution in [0.4, 0.5) is 39.5 Å². The number of fused-ring (bicyclic) bond motifs is 1. The molecular weight excluding hydrogens is 556 g/mol. The molecule has 1 aliphatic rings. The number of alkyl halides is 3. The summed E-state index contributed by atoms with van der Waals surface area (Å²) in [6.45, 7) is 3.56. The zero-order valence-electron chi connectivity index (χ0n) is 22.3. The van der Waals surface area contributed by atoms with E-state index < -0.39 is 29.3 Å². The molecule has 220 valence electrons. The van der Waals surface area contributed by atoms with Crippen LogP contribution in [0.25, 0.3) is 16.6 Å². The topological polar surface area (TPSA) is 130 Å². The van der Waals surface area contributed by atoms with Crippen LogP contribution in [0, 0.1) is 5.82 Å². The normalized spacial score (nSPS) is 13.8. The molecule has 10 nitrogen and oxygen atoms in total. The van der Waals surface area contributed by atoms with E-state index in [0.29, 0.717) is 47.0 Å². The Bertz CT molecular complexity index is 1600. The number of halogens is 4. The van der Waals surface area contributed by atoms with Crippen LogP contribution in [0.1, 0.15) is 35.2 Å². The third kappa shape index (κ3) is 6.43. The van der Waals surface area contributed by atoms with E-state index in [-0.39, 0.29) is 17.4 Å². The van der Waals surface area contributed by atoms with E-state index in [1.54, 1.807) is 18.3 Å². The number of carbonyl (C=O) groups excluding carboxylic acids is 2. The largest absolute Gasteiger partial charge is 0.416 e. The number of amides is 3. The summed E-state index contributed by atoms with van der Waals surface area (Å²) in [6, 6.07) is 7.11. The van der Waals surface area contributed by atoms with Crippen molar-refractivity contribution in [3.63, 3.8) is 0 Å². The summed E-state index contributed by atoms with van der Waals surface area (Å²) < 4.78 is 54.4. The molecule has 0 spiro atoms. The van der Waals surface area contributed by atoms with Crippen molar-refractivity contribution >= 4 is 34.6 Å². The fraction of sp³-hybridized carbons (Fsp3) is 0.286. The van der Waals surface area contributed by atoms with Gasteiger partial charge in [0.2, 0.25) is 0 Å². The lowest BCUT2D eigenvalue weighted by molar-refractivity contribution is -0.137. The van der Waals surface area contributed by atoms with Crippen molar-refractivity contribution in [1.29, 1.82) is 0 Å². The predicted molar refractivity (Wildman–Crippen MR) is 150 cm³/mol. The number of hydrogen-bond donors (Lipinski definition) is 4. The van der Waals surface area contributed by atoms with Gasteiger partial charge in [-0.05, 0) is 74.8 Å². The van der Waals surface area contributed by atoms with Crippen LogP contribution >= 0.6 is 0 Å².